The van der Waals surface area contributed by atoms with E-state index in [0.717, 1.165) is 24.8 Å². The van der Waals surface area contributed by atoms with Crippen molar-refractivity contribution in [2.24, 2.45) is 11.8 Å². The molecule has 7 atom stereocenters. The molecule has 4 rings (SSSR count). The van der Waals surface area contributed by atoms with Crippen molar-refractivity contribution in [2.45, 2.75) is 95.1 Å². The lowest BCUT2D eigenvalue weighted by atomic mass is 9.70. The van der Waals surface area contributed by atoms with Crippen molar-refractivity contribution in [1.29, 1.82) is 0 Å². The van der Waals surface area contributed by atoms with Crippen molar-refractivity contribution in [3.63, 3.8) is 0 Å². The maximum Gasteiger partial charge on any atom is 0.313 e. The number of benzene rings is 1. The molecule has 0 aliphatic carbocycles. The van der Waals surface area contributed by atoms with Gasteiger partial charge in [0.15, 0.2) is 0 Å². The number of fused-ring (bicyclic) bond motifs is 1. The first-order valence-corrected chi connectivity index (χ1v) is 16.8. The molecule has 3 heterocycles. The van der Waals surface area contributed by atoms with Crippen LogP contribution in [0.5, 0.6) is 0 Å². The zero-order valence-electron chi connectivity index (χ0n) is 27.6. The molecule has 0 saturated carbocycles. The molecule has 0 aromatic heterocycles. The van der Waals surface area contributed by atoms with Crippen molar-refractivity contribution >= 4 is 23.7 Å². The van der Waals surface area contributed by atoms with Gasteiger partial charge in [-0.3, -0.25) is 19.2 Å². The minimum Gasteiger partial charge on any atom is -0.455 e. The topological polar surface area (TPSA) is 117 Å². The summed E-state index contributed by atoms with van der Waals surface area (Å²) in [6.07, 6.45) is 6.93. The van der Waals surface area contributed by atoms with Gasteiger partial charge in [0.2, 0.25) is 17.7 Å². The van der Waals surface area contributed by atoms with Crippen LogP contribution in [-0.2, 0) is 28.7 Å². The molecule has 1 aromatic rings. The number of ether oxygens (including phenoxy) is 2. The summed E-state index contributed by atoms with van der Waals surface area (Å²) >= 11 is 0. The molecule has 1 N–H and O–H groups in total. The Morgan fingerprint density at radius 1 is 1.17 bits per heavy atom. The van der Waals surface area contributed by atoms with E-state index in [1.54, 1.807) is 29.0 Å². The van der Waals surface area contributed by atoms with Gasteiger partial charge in [-0.1, -0.05) is 62.2 Å². The molecular formula is C36H51N3O7. The van der Waals surface area contributed by atoms with Gasteiger partial charge in [-0.2, -0.15) is 0 Å². The van der Waals surface area contributed by atoms with Gasteiger partial charge < -0.3 is 29.3 Å². The Kier molecular flexibility index (Phi) is 12.2. The number of likely N-dealkylation sites (tertiary alicyclic amines) is 1. The van der Waals surface area contributed by atoms with E-state index in [2.05, 4.69) is 20.1 Å². The Bertz CT molecular complexity index is 1260. The fourth-order valence-corrected chi connectivity index (χ4v) is 7.48. The summed E-state index contributed by atoms with van der Waals surface area (Å²) in [4.78, 5) is 60.6. The molecule has 3 fully saturated rings. The third-order valence-electron chi connectivity index (χ3n) is 9.93. The minimum atomic E-state index is -1.16. The lowest BCUT2D eigenvalue weighted by Crippen LogP contribution is -2.56. The number of carbonyl (C=O) groups is 4. The van der Waals surface area contributed by atoms with Gasteiger partial charge >= 0.3 is 5.97 Å². The first-order valence-electron chi connectivity index (χ1n) is 16.8. The van der Waals surface area contributed by atoms with E-state index < -0.39 is 47.7 Å². The number of nitrogens with zero attached hydrogens (tertiary/aromatic N) is 3. The van der Waals surface area contributed by atoms with E-state index >= 15 is 0 Å². The Morgan fingerprint density at radius 2 is 1.91 bits per heavy atom. The molecule has 10 nitrogen and oxygen atoms in total. The molecule has 10 heteroatoms. The highest BCUT2D eigenvalue weighted by Gasteiger charge is 2.75. The van der Waals surface area contributed by atoms with Crippen LogP contribution in [0.3, 0.4) is 0 Å². The van der Waals surface area contributed by atoms with Crippen LogP contribution in [0.2, 0.25) is 0 Å². The van der Waals surface area contributed by atoms with E-state index in [1.165, 1.54) is 4.90 Å². The van der Waals surface area contributed by atoms with Crippen LogP contribution < -0.4 is 0 Å². The minimum absolute atomic E-state index is 0.0959. The summed E-state index contributed by atoms with van der Waals surface area (Å²) in [5.74, 6) is -2.98. The number of rotatable bonds is 18. The number of aliphatic hydroxyl groups is 1. The summed E-state index contributed by atoms with van der Waals surface area (Å²) in [6.45, 7) is 12.4. The largest absolute Gasteiger partial charge is 0.455 e. The van der Waals surface area contributed by atoms with Gasteiger partial charge in [0.25, 0.3) is 0 Å². The average molecular weight is 638 g/mol. The number of amides is 3. The molecule has 0 unspecified atom stereocenters. The molecule has 2 bridgehead atoms. The van der Waals surface area contributed by atoms with Gasteiger partial charge in [-0.25, -0.2) is 0 Å². The Morgan fingerprint density at radius 3 is 2.57 bits per heavy atom. The molecule has 46 heavy (non-hydrogen) atoms. The highest BCUT2D eigenvalue weighted by Crippen LogP contribution is 2.59. The number of esters is 1. The average Bonchev–Trinajstić information content (AvgIpc) is 3.71. The predicted octanol–water partition coefficient (Wildman–Crippen LogP) is 4.05. The maximum absolute atomic E-state index is 14.3. The van der Waals surface area contributed by atoms with E-state index in [0.29, 0.717) is 38.8 Å². The number of unbranched alkanes of at least 4 members (excludes halogenated alkanes) is 2. The summed E-state index contributed by atoms with van der Waals surface area (Å²) < 4.78 is 12.9. The van der Waals surface area contributed by atoms with E-state index in [9.17, 15) is 24.3 Å². The van der Waals surface area contributed by atoms with Crippen molar-refractivity contribution in [1.82, 2.24) is 14.7 Å². The molecule has 3 aliphatic rings. The van der Waals surface area contributed by atoms with Crippen molar-refractivity contribution in [3.8, 4) is 0 Å². The molecule has 3 aliphatic heterocycles. The van der Waals surface area contributed by atoms with Crippen LogP contribution >= 0.6 is 0 Å². The standard InChI is InChI=1S/C36H51N3O7/c1-6-9-14-22-38(21-8-3)34(43)32-36-20-19-27(46-36)29(30(36)33(42)39(32)23-15-24-40)35(44)45-31(26-16-12-11-13-17-26)25(4)37(5)28(41)18-10-7-2/h7-8,11-13,16-17,25,27,29-32,40H,2-3,6,9-10,14-15,18-24H2,1,4-5H3/t25-,27-,29+,30+,31+,32-,36+/m1/s1. The molecule has 0 radical (unpaired) electrons. The lowest BCUT2D eigenvalue weighted by molar-refractivity contribution is -0.164. The number of hydrogen-bond acceptors (Lipinski definition) is 7. The highest BCUT2D eigenvalue weighted by atomic mass is 16.6. The van der Waals surface area contributed by atoms with E-state index in [1.807, 2.05) is 37.3 Å². The van der Waals surface area contributed by atoms with E-state index in [4.69, 9.17) is 9.47 Å². The van der Waals surface area contributed by atoms with Gasteiger partial charge in [-0.05, 0) is 44.6 Å². The second kappa shape index (κ2) is 15.9. The molecule has 1 aromatic carbocycles. The van der Waals surface area contributed by atoms with Crippen LogP contribution in [0.25, 0.3) is 0 Å². The zero-order valence-corrected chi connectivity index (χ0v) is 27.6. The SMILES string of the molecule is C=CCCC(=O)N(C)[C@H](C)[C@H](OC(=O)[C@@H]1[C@H]2C(=O)N(CCCO)[C@H](C(=O)N(CC=C)CCCCC)[C@]23CC[C@H]1O3)c1ccccc1. The van der Waals surface area contributed by atoms with Crippen LogP contribution in [0.15, 0.2) is 55.6 Å². The number of aliphatic hydroxyl groups excluding tert-OH is 1. The third-order valence-corrected chi connectivity index (χ3v) is 9.93. The second-order valence-electron chi connectivity index (χ2n) is 12.8. The third kappa shape index (κ3) is 6.93. The van der Waals surface area contributed by atoms with Gasteiger partial charge in [0.1, 0.15) is 17.7 Å². The molecule has 1 spiro atoms. The fraction of sp³-hybridized carbons (Fsp3) is 0.611. The highest BCUT2D eigenvalue weighted by molar-refractivity contribution is 5.98. The van der Waals surface area contributed by atoms with Crippen LogP contribution in [0.4, 0.5) is 0 Å². The summed E-state index contributed by atoms with van der Waals surface area (Å²) in [5.41, 5.74) is -0.430. The number of likely N-dealkylation sites (N-methyl/N-ethyl adjacent to an activating group) is 1. The fourth-order valence-electron chi connectivity index (χ4n) is 7.48. The normalized spacial score (nSPS) is 25.9. The molecule has 3 amide bonds. The molecular weight excluding hydrogens is 586 g/mol. The lowest BCUT2D eigenvalue weighted by Gasteiger charge is -2.37. The van der Waals surface area contributed by atoms with Crippen LogP contribution in [0, 0.1) is 11.8 Å². The van der Waals surface area contributed by atoms with Crippen molar-refractivity contribution in [3.05, 3.63) is 61.2 Å². The van der Waals surface area contributed by atoms with Crippen molar-refractivity contribution < 1.29 is 33.8 Å². The second-order valence-corrected chi connectivity index (χ2v) is 12.8. The monoisotopic (exact) mass is 637 g/mol. The first kappa shape index (κ1) is 35.4. The Labute approximate surface area is 273 Å². The smallest absolute Gasteiger partial charge is 0.313 e. The zero-order chi connectivity index (χ0) is 33.4. The molecule has 3 saturated heterocycles. The number of carbonyl (C=O) groups excluding carboxylic acids is 4. The summed E-state index contributed by atoms with van der Waals surface area (Å²) in [7, 11) is 1.70. The quantitative estimate of drug-likeness (QED) is 0.147. The van der Waals surface area contributed by atoms with Crippen LogP contribution in [0.1, 0.15) is 76.9 Å². The number of allylic oxidation sites excluding steroid dienone is 1. The first-order chi connectivity index (χ1) is 22.2. The number of hydrogen-bond donors (Lipinski definition) is 1. The van der Waals surface area contributed by atoms with Gasteiger partial charge in [0.05, 0.1) is 24.0 Å². The summed E-state index contributed by atoms with van der Waals surface area (Å²) in [5, 5.41) is 9.65. The van der Waals surface area contributed by atoms with Crippen molar-refractivity contribution in [2.75, 3.05) is 33.3 Å². The Hall–Kier alpha value is -3.50. The van der Waals surface area contributed by atoms with Crippen LogP contribution in [-0.4, -0.2) is 101 Å². The molecule has 252 valence electrons. The maximum atomic E-state index is 14.3. The van der Waals surface area contributed by atoms with E-state index in [-0.39, 0.29) is 37.3 Å². The van der Waals surface area contributed by atoms with Gasteiger partial charge in [-0.15, -0.1) is 13.2 Å². The van der Waals surface area contributed by atoms with Gasteiger partial charge in [0, 0.05) is 39.7 Å². The predicted molar refractivity (Wildman–Crippen MR) is 174 cm³/mol. The Balaban J connectivity index is 1.65. The summed E-state index contributed by atoms with van der Waals surface area (Å²) in [6, 6.07) is 7.88.